The Bertz CT molecular complexity index is 836. The summed E-state index contributed by atoms with van der Waals surface area (Å²) >= 11 is 0. The Labute approximate surface area is 174 Å². The van der Waals surface area contributed by atoms with Crippen LogP contribution in [-0.4, -0.2) is 61.5 Å². The second-order valence-electron chi connectivity index (χ2n) is 8.45. The summed E-state index contributed by atoms with van der Waals surface area (Å²) in [5.74, 6) is 0.593. The molecular formula is C22H32N2O4S. The minimum atomic E-state index is -3.54. The number of benzene rings is 1. The Morgan fingerprint density at radius 2 is 1.59 bits per heavy atom. The standard InChI is InChI=1S/C22H32N2O4S/c1-17(2)29(27,28)20-10-6-5-9-19(20)22(26)24-15-13-23(14-16-24)21(25)12-11-18-7-3-4-8-18/h5-6,9-10,17-18H,3-4,7-8,11-16H2,1-2H3. The highest BCUT2D eigenvalue weighted by Gasteiger charge is 2.30. The highest BCUT2D eigenvalue weighted by Crippen LogP contribution is 2.29. The van der Waals surface area contributed by atoms with Crippen LogP contribution in [0.2, 0.25) is 0 Å². The molecule has 6 nitrogen and oxygen atoms in total. The van der Waals surface area contributed by atoms with Gasteiger partial charge in [-0.15, -0.1) is 0 Å². The van der Waals surface area contributed by atoms with Crippen LogP contribution < -0.4 is 0 Å². The van der Waals surface area contributed by atoms with Gasteiger partial charge in [-0.3, -0.25) is 9.59 Å². The summed E-state index contributed by atoms with van der Waals surface area (Å²) in [5.41, 5.74) is 0.224. The van der Waals surface area contributed by atoms with Crippen LogP contribution in [0.1, 0.15) is 62.7 Å². The van der Waals surface area contributed by atoms with Crippen molar-refractivity contribution in [2.24, 2.45) is 5.92 Å². The Balaban J connectivity index is 1.60. The van der Waals surface area contributed by atoms with E-state index in [1.807, 2.05) is 4.90 Å². The fourth-order valence-corrected chi connectivity index (χ4v) is 5.50. The number of nitrogens with zero attached hydrogens (tertiary/aromatic N) is 2. The van der Waals surface area contributed by atoms with Crippen molar-refractivity contribution in [3.8, 4) is 0 Å². The molecule has 3 rings (SSSR count). The van der Waals surface area contributed by atoms with Gasteiger partial charge < -0.3 is 9.80 Å². The number of rotatable bonds is 6. The molecule has 0 aromatic heterocycles. The third-order valence-electron chi connectivity index (χ3n) is 6.21. The van der Waals surface area contributed by atoms with Gasteiger partial charge >= 0.3 is 0 Å². The van der Waals surface area contributed by atoms with E-state index in [0.717, 1.165) is 6.42 Å². The molecule has 160 valence electrons. The third kappa shape index (κ3) is 5.00. The maximum Gasteiger partial charge on any atom is 0.255 e. The second-order valence-corrected chi connectivity index (χ2v) is 10.9. The Kier molecular flexibility index (Phi) is 6.98. The highest BCUT2D eigenvalue weighted by molar-refractivity contribution is 7.92. The molecule has 1 heterocycles. The van der Waals surface area contributed by atoms with Crippen molar-refractivity contribution < 1.29 is 18.0 Å². The maximum absolute atomic E-state index is 13.0. The largest absolute Gasteiger partial charge is 0.339 e. The molecule has 1 aromatic carbocycles. The number of hydrogen-bond donors (Lipinski definition) is 0. The van der Waals surface area contributed by atoms with Crippen molar-refractivity contribution in [1.82, 2.24) is 9.80 Å². The van der Waals surface area contributed by atoms with Crippen LogP contribution in [0.3, 0.4) is 0 Å². The molecule has 1 saturated heterocycles. The molecule has 0 N–H and O–H groups in total. The number of carbonyl (C=O) groups excluding carboxylic acids is 2. The van der Waals surface area contributed by atoms with Gasteiger partial charge in [-0.05, 0) is 38.3 Å². The number of amides is 2. The molecule has 0 bridgehead atoms. The van der Waals surface area contributed by atoms with Gasteiger partial charge in [0.15, 0.2) is 9.84 Å². The molecule has 7 heteroatoms. The zero-order valence-electron chi connectivity index (χ0n) is 17.5. The molecule has 1 aliphatic heterocycles. The first-order valence-corrected chi connectivity index (χ1v) is 12.3. The van der Waals surface area contributed by atoms with Crippen molar-refractivity contribution in [2.75, 3.05) is 26.2 Å². The van der Waals surface area contributed by atoms with E-state index in [4.69, 9.17) is 0 Å². The number of carbonyl (C=O) groups is 2. The van der Waals surface area contributed by atoms with Crippen LogP contribution in [0, 0.1) is 5.92 Å². The quantitative estimate of drug-likeness (QED) is 0.709. The predicted molar refractivity (Wildman–Crippen MR) is 112 cm³/mol. The summed E-state index contributed by atoms with van der Waals surface area (Å²) in [6.45, 7) is 5.12. The van der Waals surface area contributed by atoms with Crippen LogP contribution in [0.25, 0.3) is 0 Å². The Morgan fingerprint density at radius 3 is 2.21 bits per heavy atom. The summed E-state index contributed by atoms with van der Waals surface area (Å²) < 4.78 is 25.3. The first-order chi connectivity index (χ1) is 13.8. The molecule has 29 heavy (non-hydrogen) atoms. The van der Waals surface area contributed by atoms with Crippen LogP contribution >= 0.6 is 0 Å². The van der Waals surface area contributed by atoms with Crippen LogP contribution in [-0.2, 0) is 14.6 Å². The highest BCUT2D eigenvalue weighted by atomic mass is 32.2. The molecular weight excluding hydrogens is 388 g/mol. The lowest BCUT2D eigenvalue weighted by molar-refractivity contribution is -0.133. The minimum Gasteiger partial charge on any atom is -0.339 e. The lowest BCUT2D eigenvalue weighted by Gasteiger charge is -2.35. The first kappa shape index (κ1) is 21.8. The zero-order chi connectivity index (χ0) is 21.0. The van der Waals surface area contributed by atoms with E-state index in [2.05, 4.69) is 0 Å². The van der Waals surface area contributed by atoms with Gasteiger partial charge in [0.25, 0.3) is 5.91 Å². The fourth-order valence-electron chi connectivity index (χ4n) is 4.26. The lowest BCUT2D eigenvalue weighted by atomic mass is 10.0. The summed E-state index contributed by atoms with van der Waals surface area (Å²) in [4.78, 5) is 29.1. The molecule has 1 aromatic rings. The zero-order valence-corrected chi connectivity index (χ0v) is 18.3. The normalized spacial score (nSPS) is 18.4. The monoisotopic (exact) mass is 420 g/mol. The van der Waals surface area contributed by atoms with Gasteiger partial charge in [-0.1, -0.05) is 37.8 Å². The number of sulfone groups is 1. The van der Waals surface area contributed by atoms with Gasteiger partial charge in [-0.2, -0.15) is 0 Å². The third-order valence-corrected chi connectivity index (χ3v) is 8.42. The summed E-state index contributed by atoms with van der Waals surface area (Å²) in [5, 5.41) is -0.592. The average Bonchev–Trinajstić information content (AvgIpc) is 3.25. The second kappa shape index (κ2) is 9.28. The van der Waals surface area contributed by atoms with E-state index in [-0.39, 0.29) is 22.3 Å². The molecule has 0 atom stereocenters. The molecule has 0 spiro atoms. The van der Waals surface area contributed by atoms with Gasteiger partial charge in [-0.25, -0.2) is 8.42 Å². The number of piperazine rings is 1. The molecule has 1 aliphatic carbocycles. The van der Waals surface area contributed by atoms with Gasteiger partial charge in [0.05, 0.1) is 15.7 Å². The lowest BCUT2D eigenvalue weighted by Crippen LogP contribution is -2.50. The summed E-state index contributed by atoms with van der Waals surface area (Å²) in [6, 6.07) is 6.42. The van der Waals surface area contributed by atoms with Crippen molar-refractivity contribution >= 4 is 21.7 Å². The van der Waals surface area contributed by atoms with Crippen LogP contribution in [0.5, 0.6) is 0 Å². The smallest absolute Gasteiger partial charge is 0.255 e. The maximum atomic E-state index is 13.0. The summed E-state index contributed by atoms with van der Waals surface area (Å²) in [6.07, 6.45) is 6.62. The topological polar surface area (TPSA) is 74.8 Å². The SMILES string of the molecule is CC(C)S(=O)(=O)c1ccccc1C(=O)N1CCN(C(=O)CCC2CCCC2)CC1. The van der Waals surface area contributed by atoms with E-state index >= 15 is 0 Å². The van der Waals surface area contributed by atoms with E-state index < -0.39 is 15.1 Å². The van der Waals surface area contributed by atoms with Crippen LogP contribution in [0.15, 0.2) is 29.2 Å². The summed E-state index contributed by atoms with van der Waals surface area (Å²) in [7, 11) is -3.54. The van der Waals surface area contributed by atoms with Crippen molar-refractivity contribution in [2.45, 2.75) is 62.5 Å². The van der Waals surface area contributed by atoms with Crippen LogP contribution in [0.4, 0.5) is 0 Å². The Morgan fingerprint density at radius 1 is 1.00 bits per heavy atom. The van der Waals surface area contributed by atoms with Gasteiger partial charge in [0.2, 0.25) is 5.91 Å². The molecule has 0 unspecified atom stereocenters. The molecule has 2 fully saturated rings. The van der Waals surface area contributed by atoms with E-state index in [0.29, 0.717) is 38.5 Å². The molecule has 2 aliphatic rings. The minimum absolute atomic E-state index is 0.0927. The van der Waals surface area contributed by atoms with Crippen molar-refractivity contribution in [1.29, 1.82) is 0 Å². The first-order valence-electron chi connectivity index (χ1n) is 10.7. The molecule has 1 saturated carbocycles. The average molecular weight is 421 g/mol. The Hall–Kier alpha value is -1.89. The van der Waals surface area contributed by atoms with Gasteiger partial charge in [0, 0.05) is 32.6 Å². The van der Waals surface area contributed by atoms with E-state index in [1.54, 1.807) is 36.9 Å². The van der Waals surface area contributed by atoms with Gasteiger partial charge in [0.1, 0.15) is 0 Å². The fraction of sp³-hybridized carbons (Fsp3) is 0.636. The van der Waals surface area contributed by atoms with Crippen molar-refractivity contribution in [3.63, 3.8) is 0 Å². The molecule has 0 radical (unpaired) electrons. The van der Waals surface area contributed by atoms with E-state index in [9.17, 15) is 18.0 Å². The predicted octanol–water partition coefficient (Wildman–Crippen LogP) is 3.12. The molecule has 2 amide bonds. The van der Waals surface area contributed by atoms with E-state index in [1.165, 1.54) is 31.7 Å². The number of hydrogen-bond acceptors (Lipinski definition) is 4. The van der Waals surface area contributed by atoms with Crippen molar-refractivity contribution in [3.05, 3.63) is 29.8 Å².